The highest BCUT2D eigenvalue weighted by Crippen LogP contribution is 2.59. The van der Waals surface area contributed by atoms with Crippen LogP contribution in [0.1, 0.15) is 23.0 Å². The van der Waals surface area contributed by atoms with E-state index < -0.39 is 46.7 Å². The van der Waals surface area contributed by atoms with E-state index >= 15 is 0 Å². The summed E-state index contributed by atoms with van der Waals surface area (Å²) in [4.78, 5) is 26.6. The Hall–Kier alpha value is -3.82. The second-order valence-electron chi connectivity index (χ2n) is 7.62. The molecule has 1 N–H and O–H groups in total. The van der Waals surface area contributed by atoms with Gasteiger partial charge < -0.3 is 14.6 Å². The molecule has 0 amide bonds. The highest BCUT2D eigenvalue weighted by atomic mass is 32.2. The second kappa shape index (κ2) is 9.98. The van der Waals surface area contributed by atoms with Gasteiger partial charge in [0.15, 0.2) is 5.41 Å². The van der Waals surface area contributed by atoms with Crippen molar-refractivity contribution in [1.29, 1.82) is 10.5 Å². The molecule has 0 aliphatic heterocycles. The molecular formula is C25H21FN2O5S. The van der Waals surface area contributed by atoms with Gasteiger partial charge >= 0.3 is 11.9 Å². The second-order valence-corrected chi connectivity index (χ2v) is 8.50. The van der Waals surface area contributed by atoms with Crippen LogP contribution in [-0.4, -0.2) is 37.5 Å². The molecule has 0 saturated heterocycles. The van der Waals surface area contributed by atoms with Gasteiger partial charge in [-0.2, -0.15) is 10.5 Å². The van der Waals surface area contributed by atoms with Crippen molar-refractivity contribution in [1.82, 2.24) is 0 Å². The Balaban J connectivity index is 2.45. The third-order valence-corrected chi connectivity index (χ3v) is 6.79. The number of nitriles is 2. The number of hydrogen-bond donors (Lipinski definition) is 1. The zero-order chi connectivity index (χ0) is 25.0. The maximum absolute atomic E-state index is 13.7. The predicted molar refractivity (Wildman–Crippen MR) is 121 cm³/mol. The van der Waals surface area contributed by atoms with Crippen LogP contribution in [0.2, 0.25) is 0 Å². The molecule has 9 heteroatoms. The summed E-state index contributed by atoms with van der Waals surface area (Å²) in [6, 6.07) is 15.8. The van der Waals surface area contributed by atoms with Crippen LogP contribution in [0.25, 0.3) is 0 Å². The molecule has 7 nitrogen and oxygen atoms in total. The third-order valence-electron chi connectivity index (χ3n) is 6.05. The Bertz CT molecular complexity index is 1200. The first-order valence-corrected chi connectivity index (χ1v) is 11.3. The van der Waals surface area contributed by atoms with E-state index in [1.807, 2.05) is 18.4 Å². The van der Waals surface area contributed by atoms with Gasteiger partial charge in [0.2, 0.25) is 0 Å². The van der Waals surface area contributed by atoms with Crippen LogP contribution in [-0.2, 0) is 19.1 Å². The number of aliphatic hydroxyl groups excluding tert-OH is 1. The van der Waals surface area contributed by atoms with E-state index in [9.17, 15) is 29.6 Å². The molecule has 1 aliphatic carbocycles. The van der Waals surface area contributed by atoms with Gasteiger partial charge in [0.1, 0.15) is 17.5 Å². The molecule has 0 radical (unpaired) electrons. The summed E-state index contributed by atoms with van der Waals surface area (Å²) < 4.78 is 23.4. The lowest BCUT2D eigenvalue weighted by Gasteiger charge is -2.44. The number of thioether (sulfide) groups is 1. The van der Waals surface area contributed by atoms with Gasteiger partial charge in [-0.25, -0.2) is 9.18 Å². The number of aliphatic hydroxyl groups is 1. The predicted octanol–water partition coefficient (Wildman–Crippen LogP) is 4.24. The van der Waals surface area contributed by atoms with E-state index in [1.165, 1.54) is 23.9 Å². The Morgan fingerprint density at radius 3 is 2.03 bits per heavy atom. The maximum Gasteiger partial charge on any atom is 0.337 e. The molecule has 3 atom stereocenters. The van der Waals surface area contributed by atoms with Crippen LogP contribution in [0.4, 0.5) is 4.39 Å². The Labute approximate surface area is 200 Å². The van der Waals surface area contributed by atoms with Crippen LogP contribution in [0.15, 0.2) is 64.8 Å². The van der Waals surface area contributed by atoms with Gasteiger partial charge in [0.05, 0.1) is 37.8 Å². The lowest BCUT2D eigenvalue weighted by molar-refractivity contribution is -0.147. The lowest BCUT2D eigenvalue weighted by atomic mass is 9.54. The van der Waals surface area contributed by atoms with E-state index in [0.717, 1.165) is 31.2 Å². The molecule has 0 aromatic heterocycles. The number of methoxy groups -OCH3 is 2. The Morgan fingerprint density at radius 1 is 1.00 bits per heavy atom. The number of hydrogen-bond acceptors (Lipinski definition) is 8. The maximum atomic E-state index is 13.7. The van der Waals surface area contributed by atoms with E-state index in [-0.39, 0.29) is 11.1 Å². The molecule has 0 fully saturated rings. The van der Waals surface area contributed by atoms with E-state index in [2.05, 4.69) is 0 Å². The lowest BCUT2D eigenvalue weighted by Crippen LogP contribution is -2.47. The van der Waals surface area contributed by atoms with Crippen molar-refractivity contribution in [2.24, 2.45) is 11.3 Å². The van der Waals surface area contributed by atoms with Crippen LogP contribution in [0.5, 0.6) is 0 Å². The first-order chi connectivity index (χ1) is 16.3. The first kappa shape index (κ1) is 24.8. The highest BCUT2D eigenvalue weighted by molar-refractivity contribution is 7.98. The number of benzene rings is 2. The van der Waals surface area contributed by atoms with Crippen molar-refractivity contribution in [2.75, 3.05) is 20.5 Å². The zero-order valence-corrected chi connectivity index (χ0v) is 19.4. The molecule has 3 unspecified atom stereocenters. The number of nitrogens with zero attached hydrogens (tertiary/aromatic N) is 2. The molecule has 1 aliphatic rings. The topological polar surface area (TPSA) is 120 Å². The quantitative estimate of drug-likeness (QED) is 0.498. The standard InChI is InChI=1S/C25H21FN2O5S/c1-32-23(30)18-20(14-4-8-16(26)9-5-14)25(12-27,13-28)21(19(22(18)29)24(31)33-2)15-6-10-17(34-3)11-7-15/h4-11,18,20-21,29H,1-3H3. The monoisotopic (exact) mass is 480 g/mol. The fourth-order valence-electron chi connectivity index (χ4n) is 4.50. The molecule has 3 rings (SSSR count). The summed E-state index contributed by atoms with van der Waals surface area (Å²) in [5.41, 5.74) is -1.80. The number of carbonyl (C=O) groups is 2. The van der Waals surface area contributed by atoms with Crippen molar-refractivity contribution in [3.63, 3.8) is 0 Å². The molecule has 34 heavy (non-hydrogen) atoms. The van der Waals surface area contributed by atoms with Crippen LogP contribution in [0.3, 0.4) is 0 Å². The Kier molecular flexibility index (Phi) is 7.29. The van der Waals surface area contributed by atoms with E-state index in [0.29, 0.717) is 5.56 Å². The van der Waals surface area contributed by atoms with Crippen molar-refractivity contribution in [3.05, 3.63) is 76.8 Å². The normalized spacial score (nSPS) is 21.2. The largest absolute Gasteiger partial charge is 0.511 e. The van der Waals surface area contributed by atoms with Crippen LogP contribution >= 0.6 is 11.8 Å². The number of halogens is 1. The van der Waals surface area contributed by atoms with Gasteiger partial charge in [0, 0.05) is 10.8 Å². The molecule has 0 heterocycles. The van der Waals surface area contributed by atoms with Crippen molar-refractivity contribution in [3.8, 4) is 12.1 Å². The average Bonchev–Trinajstić information content (AvgIpc) is 2.87. The SMILES string of the molecule is COC(=O)C1=C(O)C(C(=O)OC)C(c2ccc(F)cc2)C(C#N)(C#N)C1c1ccc(SC)cc1. The average molecular weight is 481 g/mol. The Morgan fingerprint density at radius 2 is 1.56 bits per heavy atom. The van der Waals surface area contributed by atoms with Gasteiger partial charge in [0.25, 0.3) is 0 Å². The molecule has 174 valence electrons. The van der Waals surface area contributed by atoms with Crippen molar-refractivity contribution < 1.29 is 28.6 Å². The highest BCUT2D eigenvalue weighted by Gasteiger charge is 2.61. The zero-order valence-electron chi connectivity index (χ0n) is 18.6. The number of rotatable bonds is 5. The minimum atomic E-state index is -2.06. The summed E-state index contributed by atoms with van der Waals surface area (Å²) in [7, 11) is 2.18. The summed E-state index contributed by atoms with van der Waals surface area (Å²) >= 11 is 1.47. The summed E-state index contributed by atoms with van der Waals surface area (Å²) in [5, 5.41) is 32.1. The smallest absolute Gasteiger partial charge is 0.337 e. The minimum Gasteiger partial charge on any atom is -0.511 e. The summed E-state index contributed by atoms with van der Waals surface area (Å²) in [6.45, 7) is 0. The molecule has 0 spiro atoms. The van der Waals surface area contributed by atoms with Gasteiger partial charge in [-0.3, -0.25) is 4.79 Å². The van der Waals surface area contributed by atoms with Crippen molar-refractivity contribution >= 4 is 23.7 Å². The van der Waals surface area contributed by atoms with Gasteiger partial charge in [-0.1, -0.05) is 24.3 Å². The van der Waals surface area contributed by atoms with E-state index in [1.54, 1.807) is 24.3 Å². The summed E-state index contributed by atoms with van der Waals surface area (Å²) in [6.07, 6.45) is 1.88. The third kappa shape index (κ3) is 4.00. The van der Waals surface area contributed by atoms with Gasteiger partial charge in [-0.05, 0) is 41.6 Å². The molecule has 2 aromatic carbocycles. The fourth-order valence-corrected chi connectivity index (χ4v) is 4.90. The van der Waals surface area contributed by atoms with E-state index in [4.69, 9.17) is 9.47 Å². The number of esters is 2. The molecular weight excluding hydrogens is 459 g/mol. The molecule has 0 bridgehead atoms. The first-order valence-electron chi connectivity index (χ1n) is 10.1. The molecule has 2 aromatic rings. The summed E-state index contributed by atoms with van der Waals surface area (Å²) in [5.74, 6) is -7.31. The minimum absolute atomic E-state index is 0.251. The number of ether oxygens (including phenoxy) is 2. The fraction of sp³-hybridized carbons (Fsp3) is 0.280. The van der Waals surface area contributed by atoms with Crippen LogP contribution in [0, 0.1) is 39.8 Å². The molecule has 0 saturated carbocycles. The van der Waals surface area contributed by atoms with Crippen molar-refractivity contribution in [2.45, 2.75) is 16.7 Å². The van der Waals surface area contributed by atoms with Gasteiger partial charge in [-0.15, -0.1) is 11.8 Å². The number of carbonyl (C=O) groups excluding carboxylic acids is 2. The van der Waals surface area contributed by atoms with Crippen LogP contribution < -0.4 is 0 Å².